The van der Waals surface area contributed by atoms with Gasteiger partial charge in [0, 0.05) is 6.92 Å². The Morgan fingerprint density at radius 2 is 2.42 bits per heavy atom. The molecule has 1 aromatic rings. The van der Waals surface area contributed by atoms with Gasteiger partial charge in [-0.1, -0.05) is 0 Å². The van der Waals surface area contributed by atoms with Crippen molar-refractivity contribution in [1.82, 2.24) is 10.3 Å². The van der Waals surface area contributed by atoms with Crippen molar-refractivity contribution >= 4 is 5.91 Å². The summed E-state index contributed by atoms with van der Waals surface area (Å²) in [7, 11) is 0. The zero-order chi connectivity index (χ0) is 8.97. The molecule has 4 nitrogen and oxygen atoms in total. The van der Waals surface area contributed by atoms with Crippen LogP contribution in [0, 0.1) is 0 Å². The zero-order valence-electron chi connectivity index (χ0n) is 6.74. The van der Waals surface area contributed by atoms with Crippen LogP contribution < -0.4 is 5.32 Å². The number of hydrogen-bond donors (Lipinski definition) is 2. The number of nitrogens with one attached hydrogen (secondary N) is 1. The quantitative estimate of drug-likeness (QED) is 0.669. The minimum absolute atomic E-state index is 0.0927. The minimum atomic E-state index is -0.0927. The van der Waals surface area contributed by atoms with Crippen molar-refractivity contribution in [2.24, 2.45) is 0 Å². The summed E-state index contributed by atoms with van der Waals surface area (Å²) in [5.41, 5.74) is 0.725. The number of hydrogen-bond acceptors (Lipinski definition) is 3. The van der Waals surface area contributed by atoms with Gasteiger partial charge in [0.25, 0.3) is 0 Å². The number of amides is 1. The van der Waals surface area contributed by atoms with E-state index in [-0.39, 0.29) is 11.7 Å². The second kappa shape index (κ2) is 3.71. The van der Waals surface area contributed by atoms with Crippen molar-refractivity contribution < 1.29 is 9.90 Å². The van der Waals surface area contributed by atoms with Gasteiger partial charge in [-0.25, -0.2) is 0 Å². The van der Waals surface area contributed by atoms with Crippen LogP contribution in [0.5, 0.6) is 5.75 Å². The highest BCUT2D eigenvalue weighted by Gasteiger charge is 1.95. The van der Waals surface area contributed by atoms with Crippen LogP contribution in [0.15, 0.2) is 18.3 Å². The average Bonchev–Trinajstić information content (AvgIpc) is 2.03. The summed E-state index contributed by atoms with van der Waals surface area (Å²) < 4.78 is 0. The molecule has 0 saturated heterocycles. The Morgan fingerprint density at radius 3 is 2.92 bits per heavy atom. The van der Waals surface area contributed by atoms with Crippen LogP contribution in [0.4, 0.5) is 0 Å². The van der Waals surface area contributed by atoms with E-state index in [0.717, 1.165) is 5.69 Å². The van der Waals surface area contributed by atoms with E-state index >= 15 is 0 Å². The summed E-state index contributed by atoms with van der Waals surface area (Å²) in [6, 6.07) is 3.19. The van der Waals surface area contributed by atoms with E-state index in [1.54, 1.807) is 6.07 Å². The maximum Gasteiger partial charge on any atom is 0.217 e. The van der Waals surface area contributed by atoms with Crippen LogP contribution in [0.25, 0.3) is 0 Å². The molecule has 0 saturated carbocycles. The first kappa shape index (κ1) is 8.52. The molecule has 64 valence electrons. The van der Waals surface area contributed by atoms with Crippen LogP contribution in [-0.2, 0) is 11.3 Å². The van der Waals surface area contributed by atoms with Crippen molar-refractivity contribution in [2.75, 3.05) is 0 Å². The van der Waals surface area contributed by atoms with Crippen molar-refractivity contribution in [1.29, 1.82) is 0 Å². The van der Waals surface area contributed by atoms with Crippen LogP contribution in [0.2, 0.25) is 0 Å². The predicted molar refractivity (Wildman–Crippen MR) is 43.4 cm³/mol. The fraction of sp³-hybridized carbons (Fsp3) is 0.250. The van der Waals surface area contributed by atoms with Gasteiger partial charge in [0.1, 0.15) is 5.75 Å². The molecule has 2 N–H and O–H groups in total. The highest BCUT2D eigenvalue weighted by atomic mass is 16.3. The van der Waals surface area contributed by atoms with Gasteiger partial charge in [0.15, 0.2) is 0 Å². The Balaban J connectivity index is 2.53. The molecule has 1 rings (SSSR count). The third kappa shape index (κ3) is 2.57. The number of pyridine rings is 1. The zero-order valence-corrected chi connectivity index (χ0v) is 6.74. The van der Waals surface area contributed by atoms with Gasteiger partial charge in [0.2, 0.25) is 5.91 Å². The van der Waals surface area contributed by atoms with Crippen LogP contribution >= 0.6 is 0 Å². The lowest BCUT2D eigenvalue weighted by Gasteiger charge is -2.00. The summed E-state index contributed by atoms with van der Waals surface area (Å²) in [5.74, 6) is 0.0338. The fourth-order valence-electron chi connectivity index (χ4n) is 0.736. The molecule has 4 heteroatoms. The number of carbonyl (C=O) groups is 1. The third-order valence-electron chi connectivity index (χ3n) is 1.33. The lowest BCUT2D eigenvalue weighted by molar-refractivity contribution is -0.119. The Labute approximate surface area is 70.3 Å². The van der Waals surface area contributed by atoms with Crippen LogP contribution in [0.3, 0.4) is 0 Å². The average molecular weight is 166 g/mol. The van der Waals surface area contributed by atoms with Gasteiger partial charge in [-0.3, -0.25) is 9.78 Å². The first-order valence-electron chi connectivity index (χ1n) is 3.57. The normalized spacial score (nSPS) is 9.42. The fourth-order valence-corrected chi connectivity index (χ4v) is 0.736. The molecule has 12 heavy (non-hydrogen) atoms. The lowest BCUT2D eigenvalue weighted by Crippen LogP contribution is -2.19. The number of carbonyl (C=O) groups excluding carboxylic acids is 1. The molecule has 0 aliphatic carbocycles. The molecule has 0 fully saturated rings. The van der Waals surface area contributed by atoms with Gasteiger partial charge in [-0.05, 0) is 12.1 Å². The van der Waals surface area contributed by atoms with Crippen LogP contribution in [-0.4, -0.2) is 16.0 Å². The Kier molecular flexibility index (Phi) is 2.63. The topological polar surface area (TPSA) is 62.2 Å². The summed E-state index contributed by atoms with van der Waals surface area (Å²) >= 11 is 0. The van der Waals surface area contributed by atoms with Gasteiger partial charge in [0.05, 0.1) is 18.4 Å². The monoisotopic (exact) mass is 166 g/mol. The summed E-state index contributed by atoms with van der Waals surface area (Å²) in [6.45, 7) is 1.84. The highest BCUT2D eigenvalue weighted by Crippen LogP contribution is 2.05. The molecule has 0 aromatic carbocycles. The van der Waals surface area contributed by atoms with E-state index in [4.69, 9.17) is 5.11 Å². The number of rotatable bonds is 2. The maximum absolute atomic E-state index is 10.5. The molecule has 0 aliphatic rings. The smallest absolute Gasteiger partial charge is 0.217 e. The van der Waals surface area contributed by atoms with E-state index in [1.165, 1.54) is 19.2 Å². The predicted octanol–water partition coefficient (Wildman–Crippen LogP) is 0.423. The Hall–Kier alpha value is -1.58. The second-order valence-electron chi connectivity index (χ2n) is 2.42. The van der Waals surface area contributed by atoms with E-state index < -0.39 is 0 Å². The lowest BCUT2D eigenvalue weighted by atomic mass is 10.3. The van der Waals surface area contributed by atoms with Crippen molar-refractivity contribution in [3.8, 4) is 5.75 Å². The van der Waals surface area contributed by atoms with E-state index in [9.17, 15) is 4.79 Å². The van der Waals surface area contributed by atoms with Crippen molar-refractivity contribution in [2.45, 2.75) is 13.5 Å². The van der Waals surface area contributed by atoms with E-state index in [1.807, 2.05) is 0 Å². The molecular weight excluding hydrogens is 156 g/mol. The van der Waals surface area contributed by atoms with E-state index in [2.05, 4.69) is 10.3 Å². The summed E-state index contributed by atoms with van der Waals surface area (Å²) in [5, 5.41) is 11.5. The first-order chi connectivity index (χ1) is 5.68. The van der Waals surface area contributed by atoms with Gasteiger partial charge in [-0.15, -0.1) is 0 Å². The number of nitrogens with zero attached hydrogens (tertiary/aromatic N) is 1. The standard InChI is InChI=1S/C8H10N2O2/c1-6(11)9-4-7-2-3-8(12)5-10-7/h2-3,5,12H,4H2,1H3,(H,9,11). The minimum Gasteiger partial charge on any atom is -0.506 e. The molecule has 0 aliphatic heterocycles. The van der Waals surface area contributed by atoms with Crippen molar-refractivity contribution in [3.63, 3.8) is 0 Å². The second-order valence-corrected chi connectivity index (χ2v) is 2.42. The van der Waals surface area contributed by atoms with Gasteiger partial charge >= 0.3 is 0 Å². The molecule has 0 radical (unpaired) electrons. The largest absolute Gasteiger partial charge is 0.506 e. The third-order valence-corrected chi connectivity index (χ3v) is 1.33. The van der Waals surface area contributed by atoms with Gasteiger partial charge < -0.3 is 10.4 Å². The highest BCUT2D eigenvalue weighted by molar-refractivity contribution is 5.72. The first-order valence-corrected chi connectivity index (χ1v) is 3.57. The summed E-state index contributed by atoms with van der Waals surface area (Å²) in [6.07, 6.45) is 1.34. The molecule has 1 heterocycles. The van der Waals surface area contributed by atoms with Crippen molar-refractivity contribution in [3.05, 3.63) is 24.0 Å². The Bertz CT molecular complexity index is 269. The molecule has 0 unspecified atom stereocenters. The molecular formula is C8H10N2O2. The SMILES string of the molecule is CC(=O)NCc1ccc(O)cn1. The molecule has 0 atom stereocenters. The van der Waals surface area contributed by atoms with Gasteiger partial charge in [-0.2, -0.15) is 0 Å². The van der Waals surface area contributed by atoms with E-state index in [0.29, 0.717) is 6.54 Å². The molecule has 1 amide bonds. The number of aromatic nitrogens is 1. The Morgan fingerprint density at radius 1 is 1.67 bits per heavy atom. The van der Waals surface area contributed by atoms with Crippen LogP contribution in [0.1, 0.15) is 12.6 Å². The number of aromatic hydroxyl groups is 1. The molecule has 0 spiro atoms. The summed E-state index contributed by atoms with van der Waals surface area (Å²) in [4.78, 5) is 14.4. The molecule has 0 bridgehead atoms. The maximum atomic E-state index is 10.5. The molecule has 1 aromatic heterocycles.